The maximum Gasteiger partial charge on any atom is 0.326 e. The molecule has 0 aliphatic carbocycles. The molecule has 4 N–H and O–H groups in total. The SMILES string of the molecule is COc1ccc(C(=O)NC(=O)Nc2ccc3c(c2)NC(=O)C3=Cc2[nH]c(C)c(C(=O)N3CCOCC3)c2C)c(F)c1. The van der Waals surface area contributed by atoms with E-state index in [0.29, 0.717) is 65.8 Å². The van der Waals surface area contributed by atoms with Crippen molar-refractivity contribution in [2.24, 2.45) is 0 Å². The average Bonchev–Trinajstić information content (AvgIpc) is 3.41. The van der Waals surface area contributed by atoms with Crippen molar-refractivity contribution in [3.63, 3.8) is 0 Å². The zero-order chi connectivity index (χ0) is 29.3. The topological polar surface area (TPSA) is 142 Å². The first-order valence-electron chi connectivity index (χ1n) is 12.9. The van der Waals surface area contributed by atoms with Crippen LogP contribution in [-0.2, 0) is 9.53 Å². The molecule has 41 heavy (non-hydrogen) atoms. The highest BCUT2D eigenvalue weighted by Crippen LogP contribution is 2.36. The Morgan fingerprint density at radius 2 is 1.85 bits per heavy atom. The minimum atomic E-state index is -0.926. The Bertz CT molecular complexity index is 1610. The Morgan fingerprint density at radius 3 is 2.56 bits per heavy atom. The van der Waals surface area contributed by atoms with Crippen molar-refractivity contribution in [3.8, 4) is 5.75 Å². The highest BCUT2D eigenvalue weighted by Gasteiger charge is 2.28. The number of H-pyrrole nitrogens is 1. The van der Waals surface area contributed by atoms with Crippen LogP contribution in [0.4, 0.5) is 20.6 Å². The third-order valence-electron chi connectivity index (χ3n) is 6.99. The number of anilines is 2. The largest absolute Gasteiger partial charge is 0.497 e. The van der Waals surface area contributed by atoms with Gasteiger partial charge in [0.2, 0.25) is 0 Å². The molecule has 0 atom stereocenters. The minimum Gasteiger partial charge on any atom is -0.497 e. The number of nitrogens with one attached hydrogen (secondary N) is 4. The second-order valence-corrected chi connectivity index (χ2v) is 9.59. The number of fused-ring (bicyclic) bond motifs is 1. The van der Waals surface area contributed by atoms with Gasteiger partial charge in [0.1, 0.15) is 11.6 Å². The normalized spacial score (nSPS) is 15.4. The highest BCUT2D eigenvalue weighted by molar-refractivity contribution is 6.35. The van der Waals surface area contributed by atoms with Gasteiger partial charge in [-0.05, 0) is 49.8 Å². The molecule has 1 saturated heterocycles. The molecule has 212 valence electrons. The molecule has 5 rings (SSSR count). The molecule has 1 fully saturated rings. The Labute approximate surface area is 234 Å². The fourth-order valence-corrected chi connectivity index (χ4v) is 4.86. The predicted molar refractivity (Wildman–Crippen MR) is 149 cm³/mol. The maximum atomic E-state index is 14.2. The minimum absolute atomic E-state index is 0.0809. The first-order valence-corrected chi connectivity index (χ1v) is 12.9. The number of halogens is 1. The van der Waals surface area contributed by atoms with E-state index < -0.39 is 17.8 Å². The van der Waals surface area contributed by atoms with Gasteiger partial charge in [-0.25, -0.2) is 9.18 Å². The number of carbonyl (C=O) groups is 4. The quantitative estimate of drug-likeness (QED) is 0.350. The van der Waals surface area contributed by atoms with Crippen molar-refractivity contribution < 1.29 is 33.0 Å². The number of morpholine rings is 1. The standard InChI is InChI=1S/C29H28FN5O6/c1-15-23(31-16(2)25(15)28(38)35-8-10-41-11-9-35)14-21-19-6-4-17(12-24(19)33-27(21)37)32-29(39)34-26(36)20-7-5-18(40-3)13-22(20)30/h4-7,12-14,31H,8-11H2,1-3H3,(H,33,37)(H2,32,34,36,39). The molecule has 2 aromatic carbocycles. The number of carbonyl (C=O) groups excluding carboxylic acids is 4. The number of nitrogens with zero attached hydrogens (tertiary/aromatic N) is 1. The van der Waals surface area contributed by atoms with Crippen molar-refractivity contribution >= 4 is 46.8 Å². The third kappa shape index (κ3) is 5.54. The lowest BCUT2D eigenvalue weighted by atomic mass is 10.0. The molecular formula is C29H28FN5O6. The van der Waals surface area contributed by atoms with Crippen molar-refractivity contribution in [2.45, 2.75) is 13.8 Å². The summed E-state index contributed by atoms with van der Waals surface area (Å²) in [6, 6.07) is 7.57. The summed E-state index contributed by atoms with van der Waals surface area (Å²) in [4.78, 5) is 55.7. The lowest BCUT2D eigenvalue weighted by Crippen LogP contribution is -2.41. The second kappa shape index (κ2) is 11.3. The van der Waals surface area contributed by atoms with Crippen LogP contribution < -0.4 is 20.7 Å². The zero-order valence-corrected chi connectivity index (χ0v) is 22.6. The fourth-order valence-electron chi connectivity index (χ4n) is 4.86. The van der Waals surface area contributed by atoms with Crippen molar-refractivity contribution in [1.29, 1.82) is 0 Å². The number of aryl methyl sites for hydroxylation is 1. The van der Waals surface area contributed by atoms with Crippen LogP contribution in [0.15, 0.2) is 36.4 Å². The second-order valence-electron chi connectivity index (χ2n) is 9.59. The summed E-state index contributed by atoms with van der Waals surface area (Å²) in [7, 11) is 1.37. The number of aromatic nitrogens is 1. The lowest BCUT2D eigenvalue weighted by Gasteiger charge is -2.27. The smallest absolute Gasteiger partial charge is 0.326 e. The number of rotatable bonds is 5. The van der Waals surface area contributed by atoms with E-state index in [1.807, 2.05) is 13.8 Å². The van der Waals surface area contributed by atoms with Crippen LogP contribution >= 0.6 is 0 Å². The Balaban J connectivity index is 1.31. The van der Waals surface area contributed by atoms with Crippen LogP contribution in [0.2, 0.25) is 0 Å². The Morgan fingerprint density at radius 1 is 1.10 bits per heavy atom. The van der Waals surface area contributed by atoms with E-state index in [9.17, 15) is 23.6 Å². The van der Waals surface area contributed by atoms with Gasteiger partial charge < -0.3 is 30.0 Å². The van der Waals surface area contributed by atoms with Crippen LogP contribution in [0.5, 0.6) is 5.75 Å². The summed E-state index contributed by atoms with van der Waals surface area (Å²) in [5.41, 5.74) is 4.09. The number of benzene rings is 2. The number of methoxy groups -OCH3 is 1. The van der Waals surface area contributed by atoms with Crippen molar-refractivity contribution in [1.82, 2.24) is 15.2 Å². The third-order valence-corrected chi connectivity index (χ3v) is 6.99. The lowest BCUT2D eigenvalue weighted by molar-refractivity contribution is -0.110. The van der Waals surface area contributed by atoms with E-state index in [4.69, 9.17) is 9.47 Å². The fraction of sp³-hybridized carbons (Fsp3) is 0.241. The van der Waals surface area contributed by atoms with Crippen molar-refractivity contribution in [2.75, 3.05) is 44.0 Å². The molecule has 1 aromatic heterocycles. The molecule has 0 unspecified atom stereocenters. The van der Waals surface area contributed by atoms with Gasteiger partial charge in [-0.1, -0.05) is 6.07 Å². The van der Waals surface area contributed by atoms with E-state index in [1.54, 1.807) is 29.2 Å². The van der Waals surface area contributed by atoms with Gasteiger partial charge in [0.25, 0.3) is 17.7 Å². The summed E-state index contributed by atoms with van der Waals surface area (Å²) in [6.45, 7) is 5.70. The predicted octanol–water partition coefficient (Wildman–Crippen LogP) is 3.71. The first kappa shape index (κ1) is 27.6. The average molecular weight is 562 g/mol. The molecule has 0 saturated carbocycles. The summed E-state index contributed by atoms with van der Waals surface area (Å²) >= 11 is 0. The number of aromatic amines is 1. The monoisotopic (exact) mass is 561 g/mol. The van der Waals surface area contributed by atoms with Crippen LogP contribution in [0.1, 0.15) is 43.2 Å². The van der Waals surface area contributed by atoms with Gasteiger partial charge in [-0.15, -0.1) is 0 Å². The summed E-state index contributed by atoms with van der Waals surface area (Å²) in [5, 5.41) is 7.36. The molecule has 0 bridgehead atoms. The zero-order valence-electron chi connectivity index (χ0n) is 22.6. The number of amides is 5. The molecule has 12 heteroatoms. The molecule has 5 amide bonds. The highest BCUT2D eigenvalue weighted by atomic mass is 19.1. The van der Waals surface area contributed by atoms with E-state index in [2.05, 4.69) is 20.9 Å². The first-order chi connectivity index (χ1) is 19.7. The van der Waals surface area contributed by atoms with E-state index in [1.165, 1.54) is 19.2 Å². The van der Waals surface area contributed by atoms with Crippen LogP contribution in [0.25, 0.3) is 11.6 Å². The molecular weight excluding hydrogens is 533 g/mol. The van der Waals surface area contributed by atoms with E-state index in [-0.39, 0.29) is 23.1 Å². The summed E-state index contributed by atoms with van der Waals surface area (Å²) in [5.74, 6) is -1.95. The molecule has 3 heterocycles. The van der Waals surface area contributed by atoms with E-state index >= 15 is 0 Å². The number of hydrogen-bond acceptors (Lipinski definition) is 6. The number of imide groups is 1. The van der Waals surface area contributed by atoms with Crippen LogP contribution in [-0.4, -0.2) is 67.0 Å². The summed E-state index contributed by atoms with van der Waals surface area (Å²) in [6.07, 6.45) is 1.70. The van der Waals surface area contributed by atoms with Crippen molar-refractivity contribution in [3.05, 3.63) is 75.9 Å². The van der Waals surface area contributed by atoms with Crippen LogP contribution in [0, 0.1) is 19.7 Å². The molecule has 2 aliphatic rings. The number of urea groups is 1. The molecule has 0 spiro atoms. The van der Waals surface area contributed by atoms with Crippen LogP contribution in [0.3, 0.4) is 0 Å². The van der Waals surface area contributed by atoms with Gasteiger partial charge >= 0.3 is 6.03 Å². The molecule has 2 aliphatic heterocycles. The van der Waals surface area contributed by atoms with E-state index in [0.717, 1.165) is 11.6 Å². The van der Waals surface area contributed by atoms with Gasteiger partial charge in [0, 0.05) is 41.8 Å². The summed E-state index contributed by atoms with van der Waals surface area (Å²) < 4.78 is 24.4. The van der Waals surface area contributed by atoms with Gasteiger partial charge in [-0.2, -0.15) is 0 Å². The number of hydrogen-bond donors (Lipinski definition) is 4. The molecule has 3 aromatic rings. The van der Waals surface area contributed by atoms with Gasteiger partial charge in [0.15, 0.2) is 0 Å². The Kier molecular flexibility index (Phi) is 7.58. The Hall–Kier alpha value is -4.97. The molecule has 11 nitrogen and oxygen atoms in total. The van der Waals surface area contributed by atoms with Gasteiger partial charge in [0.05, 0.1) is 42.7 Å². The maximum absolute atomic E-state index is 14.2. The molecule has 0 radical (unpaired) electrons. The van der Waals surface area contributed by atoms with Gasteiger partial charge in [-0.3, -0.25) is 19.7 Å². The number of ether oxygens (including phenoxy) is 2.